The highest BCUT2D eigenvalue weighted by Crippen LogP contribution is 2.10. The van der Waals surface area contributed by atoms with Crippen molar-refractivity contribution < 1.29 is 28.2 Å². The van der Waals surface area contributed by atoms with E-state index < -0.39 is 16.0 Å². The topological polar surface area (TPSA) is 113 Å². The van der Waals surface area contributed by atoms with Crippen molar-refractivity contribution in [3.05, 3.63) is 29.8 Å². The van der Waals surface area contributed by atoms with Gasteiger partial charge in [-0.05, 0) is 24.3 Å². The van der Waals surface area contributed by atoms with Crippen molar-refractivity contribution in [3.63, 3.8) is 0 Å². The number of ether oxygens (including phenoxy) is 1. The lowest BCUT2D eigenvalue weighted by Gasteiger charge is -2.07. The van der Waals surface area contributed by atoms with Gasteiger partial charge in [-0.15, -0.1) is 0 Å². The van der Waals surface area contributed by atoms with Crippen molar-refractivity contribution in [1.29, 1.82) is 0 Å². The van der Waals surface area contributed by atoms with Gasteiger partial charge in [-0.2, -0.15) is 0 Å². The third-order valence-electron chi connectivity index (χ3n) is 2.19. The minimum atomic E-state index is -3.68. The number of benzene rings is 1. The van der Waals surface area contributed by atoms with E-state index in [4.69, 9.17) is 14.9 Å². The molecule has 0 aliphatic rings. The molecule has 0 bridgehead atoms. The zero-order valence-electron chi connectivity index (χ0n) is 10.1. The largest absolute Gasteiger partial charge is 0.478 e. The number of carboxylic acid groups (broad SMARTS) is 1. The number of sulfonamides is 1. The van der Waals surface area contributed by atoms with Crippen molar-refractivity contribution in [2.24, 2.45) is 0 Å². The first kappa shape index (κ1) is 15.6. The lowest BCUT2D eigenvalue weighted by Crippen LogP contribution is -2.27. The summed E-state index contributed by atoms with van der Waals surface area (Å²) >= 11 is 0. The van der Waals surface area contributed by atoms with Crippen molar-refractivity contribution in [2.45, 2.75) is 4.90 Å². The summed E-state index contributed by atoms with van der Waals surface area (Å²) < 4.78 is 30.8. The average Bonchev–Trinajstić information content (AvgIpc) is 2.38. The Morgan fingerprint density at radius 2 is 1.84 bits per heavy atom. The van der Waals surface area contributed by atoms with Crippen molar-refractivity contribution in [1.82, 2.24) is 4.72 Å². The van der Waals surface area contributed by atoms with Gasteiger partial charge in [-0.3, -0.25) is 0 Å². The lowest BCUT2D eigenvalue weighted by molar-refractivity contribution is 0.0696. The van der Waals surface area contributed by atoms with Crippen LogP contribution in [0.1, 0.15) is 10.4 Å². The van der Waals surface area contributed by atoms with Crippen LogP contribution in [0, 0.1) is 0 Å². The summed E-state index contributed by atoms with van der Waals surface area (Å²) in [6, 6.07) is 4.89. The maximum absolute atomic E-state index is 11.8. The number of aromatic carboxylic acids is 1. The van der Waals surface area contributed by atoms with Gasteiger partial charge in [0.1, 0.15) is 0 Å². The van der Waals surface area contributed by atoms with Gasteiger partial charge in [-0.25, -0.2) is 17.9 Å². The van der Waals surface area contributed by atoms with Gasteiger partial charge in [0, 0.05) is 6.54 Å². The lowest BCUT2D eigenvalue weighted by atomic mass is 10.2. The van der Waals surface area contributed by atoms with Gasteiger partial charge >= 0.3 is 5.97 Å². The molecule has 1 aromatic rings. The molecule has 0 radical (unpaired) electrons. The van der Waals surface area contributed by atoms with Crippen LogP contribution in [0.25, 0.3) is 0 Å². The van der Waals surface area contributed by atoms with Crippen LogP contribution in [0.4, 0.5) is 0 Å². The maximum atomic E-state index is 11.8. The molecular weight excluding hydrogens is 274 g/mol. The van der Waals surface area contributed by atoms with E-state index in [0.29, 0.717) is 0 Å². The first-order chi connectivity index (χ1) is 8.97. The molecule has 0 aliphatic carbocycles. The average molecular weight is 289 g/mol. The van der Waals surface area contributed by atoms with Crippen LogP contribution in [0.2, 0.25) is 0 Å². The Hall–Kier alpha value is -1.48. The van der Waals surface area contributed by atoms with Gasteiger partial charge in [0.25, 0.3) is 0 Å². The van der Waals surface area contributed by atoms with Gasteiger partial charge in [0.15, 0.2) is 0 Å². The summed E-state index contributed by atoms with van der Waals surface area (Å²) in [5, 5.41) is 17.2. The molecule has 0 aliphatic heterocycles. The zero-order chi connectivity index (χ0) is 14.3. The van der Waals surface area contributed by atoms with E-state index in [1.807, 2.05) is 0 Å². The molecule has 1 aromatic carbocycles. The fraction of sp³-hybridized carbons (Fsp3) is 0.364. The third-order valence-corrected chi connectivity index (χ3v) is 3.66. The summed E-state index contributed by atoms with van der Waals surface area (Å²) in [4.78, 5) is 10.6. The summed E-state index contributed by atoms with van der Waals surface area (Å²) in [6.07, 6.45) is 0. The highest BCUT2D eigenvalue weighted by Gasteiger charge is 2.13. The molecule has 0 spiro atoms. The smallest absolute Gasteiger partial charge is 0.335 e. The van der Waals surface area contributed by atoms with Crippen molar-refractivity contribution >= 4 is 16.0 Å². The van der Waals surface area contributed by atoms with Crippen LogP contribution in [0.3, 0.4) is 0 Å². The Kier molecular flexibility index (Phi) is 5.90. The SMILES string of the molecule is O=C(O)c1ccc(S(=O)(=O)NCCOCCO)cc1. The van der Waals surface area contributed by atoms with Gasteiger partial charge in [0.05, 0.1) is 30.3 Å². The molecule has 3 N–H and O–H groups in total. The second-order valence-corrected chi connectivity index (χ2v) is 5.33. The number of carbonyl (C=O) groups is 1. The van der Waals surface area contributed by atoms with Crippen LogP contribution in [0.5, 0.6) is 0 Å². The van der Waals surface area contributed by atoms with Crippen LogP contribution >= 0.6 is 0 Å². The number of hydrogen-bond donors (Lipinski definition) is 3. The number of aliphatic hydroxyl groups excluding tert-OH is 1. The molecule has 0 saturated heterocycles. The highest BCUT2D eigenvalue weighted by molar-refractivity contribution is 7.89. The number of hydrogen-bond acceptors (Lipinski definition) is 5. The van der Waals surface area contributed by atoms with E-state index in [1.54, 1.807) is 0 Å². The normalized spacial score (nSPS) is 11.4. The molecule has 0 amide bonds. The molecule has 8 heteroatoms. The Morgan fingerprint density at radius 3 is 2.37 bits per heavy atom. The molecule has 19 heavy (non-hydrogen) atoms. The molecule has 7 nitrogen and oxygen atoms in total. The molecular formula is C11H15NO6S. The Labute approximate surface area is 110 Å². The maximum Gasteiger partial charge on any atom is 0.335 e. The fourth-order valence-electron chi connectivity index (χ4n) is 1.27. The third kappa shape index (κ3) is 4.95. The Balaban J connectivity index is 2.59. The monoisotopic (exact) mass is 289 g/mol. The molecule has 0 aromatic heterocycles. The molecule has 1 rings (SSSR count). The van der Waals surface area contributed by atoms with E-state index in [9.17, 15) is 13.2 Å². The Morgan fingerprint density at radius 1 is 1.21 bits per heavy atom. The van der Waals surface area contributed by atoms with Crippen molar-refractivity contribution in [3.8, 4) is 0 Å². The summed E-state index contributed by atoms with van der Waals surface area (Å²) in [6.45, 7) is 0.244. The van der Waals surface area contributed by atoms with E-state index in [2.05, 4.69) is 4.72 Å². The molecule has 0 atom stereocenters. The minimum absolute atomic E-state index is 0.0142. The first-order valence-electron chi connectivity index (χ1n) is 5.49. The number of nitrogens with one attached hydrogen (secondary N) is 1. The van der Waals surface area contributed by atoms with E-state index in [0.717, 1.165) is 0 Å². The zero-order valence-corrected chi connectivity index (χ0v) is 10.9. The molecule has 0 unspecified atom stereocenters. The quantitative estimate of drug-likeness (QED) is 0.565. The highest BCUT2D eigenvalue weighted by atomic mass is 32.2. The summed E-state index contributed by atoms with van der Waals surface area (Å²) in [7, 11) is -3.68. The minimum Gasteiger partial charge on any atom is -0.478 e. The van der Waals surface area contributed by atoms with E-state index in [-0.39, 0.29) is 36.8 Å². The molecule has 0 saturated carbocycles. The molecule has 0 heterocycles. The van der Waals surface area contributed by atoms with E-state index >= 15 is 0 Å². The predicted octanol–water partition coefficient (Wildman–Crippen LogP) is -0.328. The molecule has 106 valence electrons. The predicted molar refractivity (Wildman–Crippen MR) is 66.5 cm³/mol. The second kappa shape index (κ2) is 7.19. The number of carboxylic acids is 1. The van der Waals surface area contributed by atoms with Crippen molar-refractivity contribution in [2.75, 3.05) is 26.4 Å². The standard InChI is InChI=1S/C11H15NO6S/c13-6-8-18-7-5-12-19(16,17)10-3-1-9(2-4-10)11(14)15/h1-4,12-13H,5-8H2,(H,14,15). The number of aliphatic hydroxyl groups is 1. The van der Waals surface area contributed by atoms with Crippen LogP contribution in [0.15, 0.2) is 29.2 Å². The number of rotatable bonds is 8. The molecule has 0 fully saturated rings. The van der Waals surface area contributed by atoms with Crippen LogP contribution < -0.4 is 4.72 Å². The Bertz CT molecular complexity index is 510. The van der Waals surface area contributed by atoms with Gasteiger partial charge in [0.2, 0.25) is 10.0 Å². The first-order valence-corrected chi connectivity index (χ1v) is 6.97. The fourth-order valence-corrected chi connectivity index (χ4v) is 2.29. The van der Waals surface area contributed by atoms with Crippen LogP contribution in [-0.2, 0) is 14.8 Å². The second-order valence-electron chi connectivity index (χ2n) is 3.56. The summed E-state index contributed by atoms with van der Waals surface area (Å²) in [5.74, 6) is -1.12. The van der Waals surface area contributed by atoms with Gasteiger partial charge in [-0.1, -0.05) is 0 Å². The van der Waals surface area contributed by atoms with Crippen LogP contribution in [-0.4, -0.2) is 51.0 Å². The summed E-state index contributed by atoms with van der Waals surface area (Å²) in [5.41, 5.74) is 0.0187. The van der Waals surface area contributed by atoms with Gasteiger partial charge < -0.3 is 14.9 Å². The van der Waals surface area contributed by atoms with E-state index in [1.165, 1.54) is 24.3 Å².